The van der Waals surface area contributed by atoms with Crippen molar-refractivity contribution in [2.45, 2.75) is 43.0 Å². The van der Waals surface area contributed by atoms with Gasteiger partial charge < -0.3 is 5.73 Å². The Morgan fingerprint density at radius 3 is 2.50 bits per heavy atom. The van der Waals surface area contributed by atoms with Crippen LogP contribution < -0.4 is 10.5 Å². The van der Waals surface area contributed by atoms with Crippen LogP contribution in [0, 0.1) is 12.7 Å². The molecule has 7 heteroatoms. The molecule has 110 valence electrons. The SMILES string of the molecule is Cc1ccc(F)c(S(=O)(=O)NC2(C(N)=O)CCCC2)c1. The minimum atomic E-state index is -4.13. The molecular formula is C13H17FN2O3S. The standard InChI is InChI=1S/C13H17FN2O3S/c1-9-4-5-10(14)11(8-9)20(18,19)16-13(12(15)17)6-2-3-7-13/h4-5,8,16H,2-3,6-7H2,1H3,(H2,15,17). The average molecular weight is 300 g/mol. The summed E-state index contributed by atoms with van der Waals surface area (Å²) in [5.41, 5.74) is 4.65. The summed E-state index contributed by atoms with van der Waals surface area (Å²) in [4.78, 5) is 11.1. The predicted octanol–water partition coefficient (Wildman–Crippen LogP) is 1.21. The molecule has 1 aliphatic rings. The summed E-state index contributed by atoms with van der Waals surface area (Å²) in [6, 6.07) is 3.81. The monoisotopic (exact) mass is 300 g/mol. The Morgan fingerprint density at radius 1 is 1.35 bits per heavy atom. The summed E-state index contributed by atoms with van der Waals surface area (Å²) < 4.78 is 40.7. The van der Waals surface area contributed by atoms with Crippen molar-refractivity contribution in [3.05, 3.63) is 29.6 Å². The maximum Gasteiger partial charge on any atom is 0.244 e. The third-order valence-corrected chi connectivity index (χ3v) is 5.19. The number of nitrogens with two attached hydrogens (primary N) is 1. The number of rotatable bonds is 4. The van der Waals surface area contributed by atoms with Gasteiger partial charge in [0.15, 0.2) is 0 Å². The van der Waals surface area contributed by atoms with E-state index >= 15 is 0 Å². The zero-order valence-electron chi connectivity index (χ0n) is 11.1. The summed E-state index contributed by atoms with van der Waals surface area (Å²) in [6.45, 7) is 1.66. The Morgan fingerprint density at radius 2 is 1.95 bits per heavy atom. The molecule has 2 rings (SSSR count). The van der Waals surface area contributed by atoms with Crippen molar-refractivity contribution >= 4 is 15.9 Å². The molecule has 0 heterocycles. The fraction of sp³-hybridized carbons (Fsp3) is 0.462. The van der Waals surface area contributed by atoms with Crippen LogP contribution in [0.15, 0.2) is 23.1 Å². The van der Waals surface area contributed by atoms with Crippen molar-refractivity contribution in [3.63, 3.8) is 0 Å². The summed E-state index contributed by atoms with van der Waals surface area (Å²) in [5.74, 6) is -1.56. The van der Waals surface area contributed by atoms with E-state index in [1.165, 1.54) is 12.1 Å². The minimum Gasteiger partial charge on any atom is -0.368 e. The van der Waals surface area contributed by atoms with Crippen LogP contribution in [0.5, 0.6) is 0 Å². The molecule has 20 heavy (non-hydrogen) atoms. The molecule has 0 spiro atoms. The first-order valence-electron chi connectivity index (χ1n) is 6.37. The normalized spacial score (nSPS) is 18.1. The number of carbonyl (C=O) groups excluding carboxylic acids is 1. The lowest BCUT2D eigenvalue weighted by Crippen LogP contribution is -2.55. The summed E-state index contributed by atoms with van der Waals surface area (Å²) in [6.07, 6.45) is 2.10. The van der Waals surface area contributed by atoms with Gasteiger partial charge in [0.25, 0.3) is 0 Å². The molecule has 1 saturated carbocycles. The zero-order chi connectivity index (χ0) is 15.0. The molecule has 0 radical (unpaired) electrons. The number of carbonyl (C=O) groups is 1. The zero-order valence-corrected chi connectivity index (χ0v) is 12.0. The third kappa shape index (κ3) is 2.69. The Labute approximate surface area is 117 Å². The maximum absolute atomic E-state index is 13.7. The highest BCUT2D eigenvalue weighted by Gasteiger charge is 2.43. The molecule has 0 bridgehead atoms. The Bertz CT molecular complexity index is 637. The number of benzene rings is 1. The quantitative estimate of drug-likeness (QED) is 0.876. The van der Waals surface area contributed by atoms with Gasteiger partial charge in [-0.2, -0.15) is 4.72 Å². The first-order chi connectivity index (χ1) is 9.27. The smallest absolute Gasteiger partial charge is 0.244 e. The molecule has 1 fully saturated rings. The van der Waals surface area contributed by atoms with Crippen molar-refractivity contribution in [2.24, 2.45) is 5.73 Å². The second-order valence-corrected chi connectivity index (χ2v) is 6.84. The largest absolute Gasteiger partial charge is 0.368 e. The molecule has 0 unspecified atom stereocenters. The van der Waals surface area contributed by atoms with E-state index in [2.05, 4.69) is 4.72 Å². The Balaban J connectivity index is 2.40. The van der Waals surface area contributed by atoms with Crippen LogP contribution in [0.1, 0.15) is 31.2 Å². The van der Waals surface area contributed by atoms with E-state index in [4.69, 9.17) is 5.73 Å². The van der Waals surface area contributed by atoms with Crippen LogP contribution in [0.2, 0.25) is 0 Å². The van der Waals surface area contributed by atoms with E-state index in [-0.39, 0.29) is 0 Å². The molecule has 1 amide bonds. The summed E-state index contributed by atoms with van der Waals surface area (Å²) >= 11 is 0. The van der Waals surface area contributed by atoms with Gasteiger partial charge in [-0.15, -0.1) is 0 Å². The predicted molar refractivity (Wildman–Crippen MR) is 71.9 cm³/mol. The van der Waals surface area contributed by atoms with Gasteiger partial charge >= 0.3 is 0 Å². The number of primary amides is 1. The molecule has 0 aromatic heterocycles. The number of hydrogen-bond donors (Lipinski definition) is 2. The molecule has 1 aromatic carbocycles. The van der Waals surface area contributed by atoms with Crippen LogP contribution >= 0.6 is 0 Å². The van der Waals surface area contributed by atoms with Crippen molar-refractivity contribution < 1.29 is 17.6 Å². The second kappa shape index (κ2) is 5.14. The fourth-order valence-electron chi connectivity index (χ4n) is 2.51. The lowest BCUT2D eigenvalue weighted by Gasteiger charge is -2.26. The average Bonchev–Trinajstić information content (AvgIpc) is 2.81. The Kier molecular flexibility index (Phi) is 3.84. The number of aryl methyl sites for hydroxylation is 1. The lowest BCUT2D eigenvalue weighted by atomic mass is 9.99. The maximum atomic E-state index is 13.7. The van der Waals surface area contributed by atoms with Crippen molar-refractivity contribution in [2.75, 3.05) is 0 Å². The third-order valence-electron chi connectivity index (χ3n) is 3.63. The summed E-state index contributed by atoms with van der Waals surface area (Å²) in [7, 11) is -4.13. The molecule has 5 nitrogen and oxygen atoms in total. The Hall–Kier alpha value is -1.47. The first-order valence-corrected chi connectivity index (χ1v) is 7.85. The van der Waals surface area contributed by atoms with Gasteiger partial charge in [-0.05, 0) is 37.5 Å². The molecule has 0 atom stereocenters. The van der Waals surface area contributed by atoms with Gasteiger partial charge in [-0.1, -0.05) is 18.9 Å². The number of sulfonamides is 1. The second-order valence-electron chi connectivity index (χ2n) is 5.19. The highest BCUT2D eigenvalue weighted by molar-refractivity contribution is 7.89. The van der Waals surface area contributed by atoms with Crippen LogP contribution in [-0.2, 0) is 14.8 Å². The van der Waals surface area contributed by atoms with Gasteiger partial charge in [0.2, 0.25) is 15.9 Å². The van der Waals surface area contributed by atoms with E-state index in [9.17, 15) is 17.6 Å². The fourth-order valence-corrected chi connectivity index (χ4v) is 4.10. The van der Waals surface area contributed by atoms with E-state index in [0.29, 0.717) is 31.2 Å². The van der Waals surface area contributed by atoms with Crippen LogP contribution in [0.4, 0.5) is 4.39 Å². The first kappa shape index (κ1) is 14.9. The minimum absolute atomic E-state index is 0.342. The van der Waals surface area contributed by atoms with Gasteiger partial charge in [0.05, 0.1) is 0 Å². The molecule has 1 aromatic rings. The highest BCUT2D eigenvalue weighted by atomic mass is 32.2. The van der Waals surface area contributed by atoms with Crippen LogP contribution in [-0.4, -0.2) is 19.9 Å². The lowest BCUT2D eigenvalue weighted by molar-refractivity contribution is -0.123. The van der Waals surface area contributed by atoms with Gasteiger partial charge in [-0.25, -0.2) is 12.8 Å². The molecule has 0 aliphatic heterocycles. The number of hydrogen-bond acceptors (Lipinski definition) is 3. The van der Waals surface area contributed by atoms with E-state index < -0.39 is 32.2 Å². The van der Waals surface area contributed by atoms with Crippen molar-refractivity contribution in [1.82, 2.24) is 4.72 Å². The van der Waals surface area contributed by atoms with E-state index in [0.717, 1.165) is 6.07 Å². The number of halogens is 1. The number of nitrogens with one attached hydrogen (secondary N) is 1. The topological polar surface area (TPSA) is 89.3 Å². The molecular weight excluding hydrogens is 283 g/mol. The summed E-state index contributed by atoms with van der Waals surface area (Å²) in [5, 5.41) is 0. The van der Waals surface area contributed by atoms with Crippen LogP contribution in [0.25, 0.3) is 0 Å². The van der Waals surface area contributed by atoms with E-state index in [1.807, 2.05) is 0 Å². The molecule has 1 aliphatic carbocycles. The number of amides is 1. The van der Waals surface area contributed by atoms with Gasteiger partial charge in [-0.3, -0.25) is 4.79 Å². The van der Waals surface area contributed by atoms with Crippen molar-refractivity contribution in [3.8, 4) is 0 Å². The molecule has 0 saturated heterocycles. The van der Waals surface area contributed by atoms with Gasteiger partial charge in [0, 0.05) is 0 Å². The van der Waals surface area contributed by atoms with Crippen LogP contribution in [0.3, 0.4) is 0 Å². The highest BCUT2D eigenvalue weighted by Crippen LogP contribution is 2.31. The van der Waals surface area contributed by atoms with E-state index in [1.54, 1.807) is 6.92 Å². The molecule has 3 N–H and O–H groups in total. The van der Waals surface area contributed by atoms with Crippen molar-refractivity contribution in [1.29, 1.82) is 0 Å². The van der Waals surface area contributed by atoms with Gasteiger partial charge in [0.1, 0.15) is 16.3 Å².